The van der Waals surface area contributed by atoms with Crippen LogP contribution in [0.2, 0.25) is 0 Å². The Labute approximate surface area is 364 Å². The van der Waals surface area contributed by atoms with Crippen LogP contribution in [0.4, 0.5) is 0 Å². The molecule has 0 saturated heterocycles. The average molecular weight is 812 g/mol. The van der Waals surface area contributed by atoms with Crippen molar-refractivity contribution in [2.75, 3.05) is 0 Å². The van der Waals surface area contributed by atoms with Crippen LogP contribution in [0.15, 0.2) is 216 Å². The third-order valence-electron chi connectivity index (χ3n) is 12.4. The number of benzene rings is 5. The SMILES string of the molecule is C1=C2Sc3ccccc3C3(C2=CCC1)c1cccc(-c2nc(-c4ccccc4)cc(-c4ccccc4)n2)c1-c1c(-c2ccc(-c4cccnc4)nc2-c2cccnc2)cccc13. The lowest BCUT2D eigenvalue weighted by Gasteiger charge is -2.42. The minimum Gasteiger partial charge on any atom is -0.264 e. The molecular formula is C56H37N5S. The number of nitrogens with zero attached hydrogens (tertiary/aromatic N) is 5. The van der Waals surface area contributed by atoms with Gasteiger partial charge < -0.3 is 0 Å². The van der Waals surface area contributed by atoms with Gasteiger partial charge >= 0.3 is 0 Å². The van der Waals surface area contributed by atoms with E-state index >= 15 is 0 Å². The van der Waals surface area contributed by atoms with Gasteiger partial charge in [0.15, 0.2) is 5.82 Å². The number of thioether (sulfide) groups is 1. The largest absolute Gasteiger partial charge is 0.264 e. The lowest BCUT2D eigenvalue weighted by molar-refractivity contribution is 0.724. The van der Waals surface area contributed by atoms with Gasteiger partial charge in [-0.15, -0.1) is 0 Å². The summed E-state index contributed by atoms with van der Waals surface area (Å²) in [5, 5.41) is 0. The summed E-state index contributed by atoms with van der Waals surface area (Å²) in [6.45, 7) is 0. The van der Waals surface area contributed by atoms with E-state index in [1.54, 1.807) is 6.20 Å². The average Bonchev–Trinajstić information content (AvgIpc) is 3.66. The van der Waals surface area contributed by atoms with Crippen molar-refractivity contribution in [2.24, 2.45) is 0 Å². The van der Waals surface area contributed by atoms with Gasteiger partial charge in [-0.25, -0.2) is 15.0 Å². The second-order valence-electron chi connectivity index (χ2n) is 15.8. The third-order valence-corrected chi connectivity index (χ3v) is 13.6. The fourth-order valence-electron chi connectivity index (χ4n) is 9.78. The van der Waals surface area contributed by atoms with E-state index < -0.39 is 5.41 Å². The Balaban J connectivity index is 1.20. The molecule has 0 bridgehead atoms. The highest BCUT2D eigenvalue weighted by atomic mass is 32.2. The van der Waals surface area contributed by atoms with Crippen LogP contribution in [0.3, 0.4) is 0 Å². The third kappa shape index (κ3) is 5.75. The molecule has 0 N–H and O–H groups in total. The predicted octanol–water partition coefficient (Wildman–Crippen LogP) is 13.7. The zero-order chi connectivity index (χ0) is 41.0. The molecule has 1 spiro atoms. The van der Waals surface area contributed by atoms with E-state index in [0.717, 1.165) is 80.1 Å². The number of aromatic nitrogens is 5. The van der Waals surface area contributed by atoms with Gasteiger partial charge in [-0.3, -0.25) is 9.97 Å². The van der Waals surface area contributed by atoms with Crippen molar-refractivity contribution < 1.29 is 0 Å². The Bertz CT molecular complexity index is 3200. The molecule has 0 fully saturated rings. The summed E-state index contributed by atoms with van der Waals surface area (Å²) in [4.78, 5) is 27.9. The van der Waals surface area contributed by atoms with Crippen LogP contribution in [0.25, 0.3) is 78.7 Å². The first-order chi connectivity index (χ1) is 30.8. The van der Waals surface area contributed by atoms with Crippen molar-refractivity contribution in [2.45, 2.75) is 23.2 Å². The molecule has 5 nitrogen and oxygen atoms in total. The van der Waals surface area contributed by atoms with Crippen LogP contribution in [-0.2, 0) is 5.41 Å². The standard InChI is InChI=1S/C56H37N5S/c1-3-15-36(16-4-1)48-33-49(37-17-5-2-6-18-37)61-55(60-48)42-22-12-26-46-53(42)52-40(41-29-30-47(38-19-13-31-57-34-38)59-54(41)39-20-14-32-58-35-39)21-11-25-45(52)56(46)43-23-7-9-27-50(43)62-51-28-10-8-24-44(51)56/h1-7,9,11-35H,8,10H2. The molecule has 6 heteroatoms. The highest BCUT2D eigenvalue weighted by Gasteiger charge is 2.53. The number of rotatable bonds is 6. The molecule has 1 atom stereocenters. The maximum Gasteiger partial charge on any atom is 0.161 e. The molecule has 0 amide bonds. The topological polar surface area (TPSA) is 64.5 Å². The van der Waals surface area contributed by atoms with Crippen LogP contribution in [0.5, 0.6) is 0 Å². The van der Waals surface area contributed by atoms with Gasteiger partial charge in [0.05, 0.1) is 28.2 Å². The minimum absolute atomic E-state index is 0.582. The summed E-state index contributed by atoms with van der Waals surface area (Å²) >= 11 is 1.90. The molecule has 292 valence electrons. The minimum atomic E-state index is -0.582. The van der Waals surface area contributed by atoms with E-state index in [0.29, 0.717) is 5.82 Å². The van der Waals surface area contributed by atoms with Crippen LogP contribution >= 0.6 is 11.8 Å². The Kier molecular flexibility index (Phi) is 8.71. The molecule has 62 heavy (non-hydrogen) atoms. The Morgan fingerprint density at radius 1 is 0.435 bits per heavy atom. The van der Waals surface area contributed by atoms with E-state index in [2.05, 4.69) is 162 Å². The molecule has 0 radical (unpaired) electrons. The Morgan fingerprint density at radius 3 is 1.73 bits per heavy atom. The van der Waals surface area contributed by atoms with Crippen molar-refractivity contribution in [1.82, 2.24) is 24.9 Å². The van der Waals surface area contributed by atoms with Gasteiger partial charge in [0, 0.05) is 68.0 Å². The molecule has 9 aromatic rings. The van der Waals surface area contributed by atoms with Gasteiger partial charge in [-0.2, -0.15) is 0 Å². The van der Waals surface area contributed by atoms with Crippen molar-refractivity contribution >= 4 is 11.8 Å². The number of fused-ring (bicyclic) bond motifs is 9. The fraction of sp³-hybridized carbons (Fsp3) is 0.0536. The molecule has 1 unspecified atom stereocenters. The zero-order valence-electron chi connectivity index (χ0n) is 33.6. The first-order valence-corrected chi connectivity index (χ1v) is 21.9. The van der Waals surface area contributed by atoms with E-state index in [1.807, 2.05) is 54.6 Å². The van der Waals surface area contributed by atoms with Crippen LogP contribution in [0, 0.1) is 0 Å². The summed E-state index contributed by atoms with van der Waals surface area (Å²) in [7, 11) is 0. The maximum absolute atomic E-state index is 5.45. The Morgan fingerprint density at radius 2 is 1.03 bits per heavy atom. The normalized spacial score (nSPS) is 15.8. The lowest BCUT2D eigenvalue weighted by Crippen LogP contribution is -2.33. The number of hydrogen-bond donors (Lipinski definition) is 0. The van der Waals surface area contributed by atoms with E-state index in [-0.39, 0.29) is 0 Å². The molecule has 5 heterocycles. The molecule has 4 aromatic heterocycles. The quantitative estimate of drug-likeness (QED) is 0.167. The van der Waals surface area contributed by atoms with E-state index in [9.17, 15) is 0 Å². The summed E-state index contributed by atoms with van der Waals surface area (Å²) in [6, 6.07) is 58.1. The van der Waals surface area contributed by atoms with Gasteiger partial charge in [-0.1, -0.05) is 139 Å². The van der Waals surface area contributed by atoms with Crippen LogP contribution < -0.4 is 0 Å². The van der Waals surface area contributed by atoms with Gasteiger partial charge in [0.2, 0.25) is 0 Å². The molecule has 5 aromatic carbocycles. The summed E-state index contributed by atoms with van der Waals surface area (Å²) < 4.78 is 0. The van der Waals surface area contributed by atoms with Crippen molar-refractivity contribution in [3.8, 4) is 78.7 Å². The highest BCUT2D eigenvalue weighted by Crippen LogP contribution is 2.66. The molecule has 3 aliphatic rings. The number of hydrogen-bond acceptors (Lipinski definition) is 6. The smallest absolute Gasteiger partial charge is 0.161 e. The monoisotopic (exact) mass is 811 g/mol. The lowest BCUT2D eigenvalue weighted by atomic mass is 9.65. The summed E-state index contributed by atoms with van der Waals surface area (Å²) in [6.07, 6.45) is 14.4. The molecular weight excluding hydrogens is 775 g/mol. The number of pyridine rings is 3. The molecule has 2 aliphatic carbocycles. The van der Waals surface area contributed by atoms with Crippen LogP contribution in [-0.4, -0.2) is 24.9 Å². The fourth-order valence-corrected chi connectivity index (χ4v) is 11.0. The molecule has 1 aliphatic heterocycles. The van der Waals surface area contributed by atoms with Crippen molar-refractivity contribution in [3.05, 3.63) is 228 Å². The molecule has 12 rings (SSSR count). The summed E-state index contributed by atoms with van der Waals surface area (Å²) in [5.74, 6) is 0.684. The number of allylic oxidation sites excluding steroid dienone is 3. The highest BCUT2D eigenvalue weighted by molar-refractivity contribution is 8.03. The van der Waals surface area contributed by atoms with Crippen molar-refractivity contribution in [3.63, 3.8) is 0 Å². The zero-order valence-corrected chi connectivity index (χ0v) is 34.4. The predicted molar refractivity (Wildman–Crippen MR) is 251 cm³/mol. The second kappa shape index (κ2) is 14.9. The van der Waals surface area contributed by atoms with Gasteiger partial charge in [-0.05, 0) is 100 Å². The molecule has 0 saturated carbocycles. The first-order valence-electron chi connectivity index (χ1n) is 21.0. The first kappa shape index (κ1) is 36.3. The van der Waals surface area contributed by atoms with Crippen LogP contribution in [0.1, 0.15) is 29.5 Å². The van der Waals surface area contributed by atoms with Gasteiger partial charge in [0.25, 0.3) is 0 Å². The Hall–Kier alpha value is -7.54. The maximum atomic E-state index is 5.45. The van der Waals surface area contributed by atoms with Crippen molar-refractivity contribution in [1.29, 1.82) is 0 Å². The van der Waals surface area contributed by atoms with E-state index in [1.165, 1.54) is 37.6 Å². The summed E-state index contributed by atoms with van der Waals surface area (Å²) in [5.41, 5.74) is 17.4. The second-order valence-corrected chi connectivity index (χ2v) is 16.9. The van der Waals surface area contributed by atoms with Gasteiger partial charge in [0.1, 0.15) is 0 Å². The van der Waals surface area contributed by atoms with E-state index in [4.69, 9.17) is 15.0 Å².